The van der Waals surface area contributed by atoms with Gasteiger partial charge < -0.3 is 4.84 Å². The molecule has 0 saturated carbocycles. The van der Waals surface area contributed by atoms with Crippen LogP contribution in [-0.2, 0) is 4.84 Å². The number of aryl methyl sites for hydroxylation is 1. The minimum Gasteiger partial charge on any atom is -0.396 e. The minimum atomic E-state index is -0.285. The quantitative estimate of drug-likeness (QED) is 0.590. The summed E-state index contributed by atoms with van der Waals surface area (Å²) >= 11 is 0. The first-order chi connectivity index (χ1) is 9.63. The lowest BCUT2D eigenvalue weighted by Gasteiger charge is -2.08. The zero-order chi connectivity index (χ0) is 14.5. The van der Waals surface area contributed by atoms with Gasteiger partial charge in [-0.2, -0.15) is 0 Å². The van der Waals surface area contributed by atoms with Crippen molar-refractivity contribution < 1.29 is 9.23 Å². The number of hydrogen-bond donors (Lipinski definition) is 0. The summed E-state index contributed by atoms with van der Waals surface area (Å²) in [6, 6.07) is 13.1. The van der Waals surface area contributed by atoms with Gasteiger partial charge in [-0.1, -0.05) is 35.5 Å². The van der Waals surface area contributed by atoms with Gasteiger partial charge in [0.2, 0.25) is 0 Å². The van der Waals surface area contributed by atoms with Crippen LogP contribution in [-0.4, -0.2) is 12.3 Å². The lowest BCUT2D eigenvalue weighted by atomic mass is 9.98. The van der Waals surface area contributed by atoms with Crippen molar-refractivity contribution in [2.75, 3.05) is 6.61 Å². The first-order valence-electron chi connectivity index (χ1n) is 6.66. The molecule has 0 unspecified atom stereocenters. The van der Waals surface area contributed by atoms with E-state index in [1.165, 1.54) is 0 Å². The van der Waals surface area contributed by atoms with Gasteiger partial charge in [0.1, 0.15) is 12.4 Å². The van der Waals surface area contributed by atoms with E-state index in [2.05, 4.69) is 5.16 Å². The fourth-order valence-corrected chi connectivity index (χ4v) is 2.08. The number of oxime groups is 1. The molecule has 0 aliphatic rings. The third kappa shape index (κ3) is 3.05. The van der Waals surface area contributed by atoms with E-state index in [4.69, 9.17) is 4.84 Å². The molecule has 0 radical (unpaired) electrons. The second-order valence-corrected chi connectivity index (χ2v) is 4.60. The summed E-state index contributed by atoms with van der Waals surface area (Å²) in [7, 11) is 0. The van der Waals surface area contributed by atoms with Crippen LogP contribution in [0, 0.1) is 12.7 Å². The Morgan fingerprint density at radius 2 is 1.95 bits per heavy atom. The van der Waals surface area contributed by atoms with E-state index in [1.807, 2.05) is 44.2 Å². The molecule has 0 amide bonds. The molecular formula is C17H18FNO. The summed E-state index contributed by atoms with van der Waals surface area (Å²) in [5.74, 6) is -0.285. The highest BCUT2D eigenvalue weighted by Gasteiger charge is 2.09. The van der Waals surface area contributed by atoms with E-state index in [0.717, 1.165) is 16.7 Å². The molecule has 0 fully saturated rings. The molecular weight excluding hydrogens is 253 g/mol. The smallest absolute Gasteiger partial charge is 0.132 e. The SMILES string of the molecule is CCON=C(C)c1ccc(-c2ccccc2C)cc1F. The van der Waals surface area contributed by atoms with Crippen LogP contribution in [0.15, 0.2) is 47.6 Å². The highest BCUT2D eigenvalue weighted by atomic mass is 19.1. The van der Waals surface area contributed by atoms with Gasteiger partial charge in [-0.3, -0.25) is 0 Å². The molecule has 0 N–H and O–H groups in total. The Bertz CT molecular complexity index is 635. The molecule has 0 spiro atoms. The predicted molar refractivity (Wildman–Crippen MR) is 80.4 cm³/mol. The zero-order valence-corrected chi connectivity index (χ0v) is 12.0. The van der Waals surface area contributed by atoms with Crippen LogP contribution in [0.4, 0.5) is 4.39 Å². The Balaban J connectivity index is 2.38. The Morgan fingerprint density at radius 1 is 1.20 bits per heavy atom. The van der Waals surface area contributed by atoms with Gasteiger partial charge >= 0.3 is 0 Å². The number of nitrogens with zero attached hydrogens (tertiary/aromatic N) is 1. The largest absolute Gasteiger partial charge is 0.396 e. The standard InChI is InChI=1S/C17H18FNO/c1-4-20-19-13(3)16-10-9-14(11-17(16)18)15-8-6-5-7-12(15)2/h5-11H,4H2,1-3H3. The van der Waals surface area contributed by atoms with Crippen LogP contribution in [0.2, 0.25) is 0 Å². The van der Waals surface area contributed by atoms with Crippen molar-refractivity contribution in [3.8, 4) is 11.1 Å². The second kappa shape index (κ2) is 6.33. The van der Waals surface area contributed by atoms with Crippen LogP contribution < -0.4 is 0 Å². The predicted octanol–water partition coefficient (Wildman–Crippen LogP) is 4.56. The third-order valence-electron chi connectivity index (χ3n) is 3.15. The van der Waals surface area contributed by atoms with Crippen LogP contribution >= 0.6 is 0 Å². The molecule has 2 aromatic carbocycles. The fraction of sp³-hybridized carbons (Fsp3) is 0.235. The minimum absolute atomic E-state index is 0.285. The maximum absolute atomic E-state index is 14.2. The van der Waals surface area contributed by atoms with Crippen molar-refractivity contribution >= 4 is 5.71 Å². The number of rotatable bonds is 4. The molecule has 0 aliphatic carbocycles. The van der Waals surface area contributed by atoms with Gasteiger partial charge in [-0.15, -0.1) is 0 Å². The maximum Gasteiger partial charge on any atom is 0.132 e. The molecule has 2 aromatic rings. The monoisotopic (exact) mass is 271 g/mol. The average Bonchev–Trinajstić information content (AvgIpc) is 2.45. The lowest BCUT2D eigenvalue weighted by Crippen LogP contribution is -2.00. The van der Waals surface area contributed by atoms with Crippen molar-refractivity contribution in [2.45, 2.75) is 20.8 Å². The van der Waals surface area contributed by atoms with Gasteiger partial charge in [-0.25, -0.2) is 4.39 Å². The zero-order valence-electron chi connectivity index (χ0n) is 12.0. The molecule has 3 heteroatoms. The van der Waals surface area contributed by atoms with Crippen molar-refractivity contribution in [3.05, 3.63) is 59.4 Å². The fourth-order valence-electron chi connectivity index (χ4n) is 2.08. The lowest BCUT2D eigenvalue weighted by molar-refractivity contribution is 0.159. The van der Waals surface area contributed by atoms with E-state index in [9.17, 15) is 4.39 Å². The number of hydrogen-bond acceptors (Lipinski definition) is 2. The molecule has 20 heavy (non-hydrogen) atoms. The summed E-state index contributed by atoms with van der Waals surface area (Å²) in [5.41, 5.74) is 4.04. The van der Waals surface area contributed by atoms with Crippen LogP contribution in [0.5, 0.6) is 0 Å². The molecule has 0 aromatic heterocycles. The third-order valence-corrected chi connectivity index (χ3v) is 3.15. The van der Waals surface area contributed by atoms with Crippen LogP contribution in [0.25, 0.3) is 11.1 Å². The Hall–Kier alpha value is -2.16. The summed E-state index contributed by atoms with van der Waals surface area (Å²) in [6.45, 7) is 6.07. The van der Waals surface area contributed by atoms with Crippen LogP contribution in [0.1, 0.15) is 25.0 Å². The molecule has 2 rings (SSSR count). The topological polar surface area (TPSA) is 21.6 Å². The Morgan fingerprint density at radius 3 is 2.60 bits per heavy atom. The summed E-state index contributed by atoms with van der Waals surface area (Å²) in [5, 5.41) is 3.87. The van der Waals surface area contributed by atoms with E-state index in [0.29, 0.717) is 17.9 Å². The van der Waals surface area contributed by atoms with Gasteiger partial charge in [0.05, 0.1) is 5.71 Å². The molecule has 0 atom stereocenters. The van der Waals surface area contributed by atoms with Crippen molar-refractivity contribution in [2.24, 2.45) is 5.16 Å². The van der Waals surface area contributed by atoms with Gasteiger partial charge in [0, 0.05) is 5.56 Å². The summed E-state index contributed by atoms with van der Waals surface area (Å²) in [4.78, 5) is 4.96. The summed E-state index contributed by atoms with van der Waals surface area (Å²) < 4.78 is 14.2. The van der Waals surface area contributed by atoms with Crippen LogP contribution in [0.3, 0.4) is 0 Å². The Labute approximate surface area is 118 Å². The van der Waals surface area contributed by atoms with E-state index < -0.39 is 0 Å². The highest BCUT2D eigenvalue weighted by Crippen LogP contribution is 2.25. The van der Waals surface area contributed by atoms with Gasteiger partial charge in [0.25, 0.3) is 0 Å². The maximum atomic E-state index is 14.2. The first kappa shape index (κ1) is 14.3. The highest BCUT2D eigenvalue weighted by molar-refractivity contribution is 5.99. The number of halogens is 1. The molecule has 0 aliphatic heterocycles. The first-order valence-corrected chi connectivity index (χ1v) is 6.66. The van der Waals surface area contributed by atoms with Gasteiger partial charge in [0.15, 0.2) is 0 Å². The van der Waals surface area contributed by atoms with E-state index in [1.54, 1.807) is 19.1 Å². The number of benzene rings is 2. The molecule has 0 saturated heterocycles. The van der Waals surface area contributed by atoms with Crippen molar-refractivity contribution in [3.63, 3.8) is 0 Å². The average molecular weight is 271 g/mol. The van der Waals surface area contributed by atoms with Crippen molar-refractivity contribution in [1.82, 2.24) is 0 Å². The van der Waals surface area contributed by atoms with E-state index >= 15 is 0 Å². The molecule has 0 heterocycles. The Kier molecular flexibility index (Phi) is 4.51. The molecule has 2 nitrogen and oxygen atoms in total. The van der Waals surface area contributed by atoms with E-state index in [-0.39, 0.29) is 5.82 Å². The summed E-state index contributed by atoms with van der Waals surface area (Å²) in [6.07, 6.45) is 0. The molecule has 104 valence electrons. The van der Waals surface area contributed by atoms with Crippen molar-refractivity contribution in [1.29, 1.82) is 0 Å². The normalized spacial score (nSPS) is 11.5. The molecule has 0 bridgehead atoms. The van der Waals surface area contributed by atoms with Gasteiger partial charge in [-0.05, 0) is 49.6 Å². The second-order valence-electron chi connectivity index (χ2n) is 4.60.